The minimum absolute atomic E-state index is 0.0491. The molecule has 2 aromatic rings. The summed E-state index contributed by atoms with van der Waals surface area (Å²) in [6, 6.07) is 7.57. The van der Waals surface area contributed by atoms with E-state index in [2.05, 4.69) is 15.3 Å². The summed E-state index contributed by atoms with van der Waals surface area (Å²) < 4.78 is 0. The molecule has 1 aromatic heterocycles. The zero-order chi connectivity index (χ0) is 14.7. The molecule has 6 heteroatoms. The fourth-order valence-corrected chi connectivity index (χ4v) is 2.71. The van der Waals surface area contributed by atoms with Gasteiger partial charge < -0.3 is 10.2 Å². The van der Waals surface area contributed by atoms with Crippen LogP contribution in [0.2, 0.25) is 5.02 Å². The van der Waals surface area contributed by atoms with Crippen LogP contribution < -0.4 is 5.32 Å². The minimum atomic E-state index is -0.102. The third-order valence-electron chi connectivity index (χ3n) is 3.52. The predicted octanol–water partition coefficient (Wildman–Crippen LogP) is 1.92. The summed E-state index contributed by atoms with van der Waals surface area (Å²) in [6.07, 6.45) is 4.59. The zero-order valence-electron chi connectivity index (χ0n) is 11.4. The molecule has 108 valence electrons. The van der Waals surface area contributed by atoms with Gasteiger partial charge in [0.05, 0.1) is 12.2 Å². The molecule has 0 radical (unpaired) electrons. The van der Waals surface area contributed by atoms with Crippen molar-refractivity contribution in [1.82, 2.24) is 20.2 Å². The van der Waals surface area contributed by atoms with E-state index in [0.717, 1.165) is 12.1 Å². The lowest BCUT2D eigenvalue weighted by atomic mass is 10.0. The average molecular weight is 303 g/mol. The van der Waals surface area contributed by atoms with Crippen LogP contribution in [0, 0.1) is 0 Å². The Balaban J connectivity index is 1.90. The predicted molar refractivity (Wildman–Crippen MR) is 80.1 cm³/mol. The maximum Gasteiger partial charge on any atom is 0.274 e. The standard InChI is InChI=1S/C15H15ClN4O/c16-12-3-1-2-11(8-12)14-10-18-6-7-20(14)15(21)13-9-17-4-5-19-13/h1-5,8-9,14,18H,6-7,10H2. The maximum absolute atomic E-state index is 12.6. The van der Waals surface area contributed by atoms with Crippen molar-refractivity contribution < 1.29 is 4.79 Å². The van der Waals surface area contributed by atoms with Crippen molar-refractivity contribution in [3.63, 3.8) is 0 Å². The van der Waals surface area contributed by atoms with Crippen LogP contribution in [0.4, 0.5) is 0 Å². The lowest BCUT2D eigenvalue weighted by molar-refractivity contribution is 0.0627. The van der Waals surface area contributed by atoms with Crippen LogP contribution in [0.3, 0.4) is 0 Å². The first-order chi connectivity index (χ1) is 10.3. The number of halogens is 1. The zero-order valence-corrected chi connectivity index (χ0v) is 12.1. The molecule has 0 bridgehead atoms. The Kier molecular flexibility index (Phi) is 4.13. The van der Waals surface area contributed by atoms with Crippen molar-refractivity contribution in [2.45, 2.75) is 6.04 Å². The van der Waals surface area contributed by atoms with E-state index in [1.54, 1.807) is 6.20 Å². The molecule has 1 atom stereocenters. The Bertz CT molecular complexity index is 635. The van der Waals surface area contributed by atoms with E-state index in [-0.39, 0.29) is 11.9 Å². The second-order valence-corrected chi connectivity index (χ2v) is 5.30. The van der Waals surface area contributed by atoms with E-state index in [1.165, 1.54) is 12.4 Å². The molecule has 0 aliphatic carbocycles. The molecule has 1 saturated heterocycles. The average Bonchev–Trinajstić information content (AvgIpc) is 2.55. The molecule has 1 amide bonds. The normalized spacial score (nSPS) is 18.5. The summed E-state index contributed by atoms with van der Waals surface area (Å²) >= 11 is 6.06. The van der Waals surface area contributed by atoms with Gasteiger partial charge in [-0.3, -0.25) is 9.78 Å². The molecule has 0 spiro atoms. The van der Waals surface area contributed by atoms with E-state index >= 15 is 0 Å². The van der Waals surface area contributed by atoms with Crippen LogP contribution >= 0.6 is 11.6 Å². The monoisotopic (exact) mass is 302 g/mol. The number of nitrogens with one attached hydrogen (secondary N) is 1. The Morgan fingerprint density at radius 3 is 3.05 bits per heavy atom. The smallest absolute Gasteiger partial charge is 0.274 e. The third kappa shape index (κ3) is 3.04. The minimum Gasteiger partial charge on any atom is -0.328 e. The van der Waals surface area contributed by atoms with E-state index in [4.69, 9.17) is 11.6 Å². The number of rotatable bonds is 2. The second-order valence-electron chi connectivity index (χ2n) is 4.86. The second kappa shape index (κ2) is 6.20. The van der Waals surface area contributed by atoms with E-state index in [1.807, 2.05) is 29.2 Å². The highest BCUT2D eigenvalue weighted by Gasteiger charge is 2.29. The van der Waals surface area contributed by atoms with Crippen molar-refractivity contribution in [1.29, 1.82) is 0 Å². The van der Waals surface area contributed by atoms with Crippen LogP contribution in [0.5, 0.6) is 0 Å². The Hall–Kier alpha value is -1.98. The summed E-state index contributed by atoms with van der Waals surface area (Å²) in [7, 11) is 0. The van der Waals surface area contributed by atoms with Gasteiger partial charge in [0.25, 0.3) is 5.91 Å². The van der Waals surface area contributed by atoms with Gasteiger partial charge in [-0.05, 0) is 17.7 Å². The van der Waals surface area contributed by atoms with Gasteiger partial charge in [0, 0.05) is 37.1 Å². The first kappa shape index (κ1) is 14.0. The summed E-state index contributed by atoms with van der Waals surface area (Å²) in [4.78, 5) is 22.5. The molecule has 1 unspecified atom stereocenters. The maximum atomic E-state index is 12.6. The highest BCUT2D eigenvalue weighted by atomic mass is 35.5. The lowest BCUT2D eigenvalue weighted by Crippen LogP contribution is -2.48. The topological polar surface area (TPSA) is 58.1 Å². The van der Waals surface area contributed by atoms with Crippen LogP contribution in [-0.2, 0) is 0 Å². The number of benzene rings is 1. The van der Waals surface area contributed by atoms with Crippen molar-refractivity contribution >= 4 is 17.5 Å². The van der Waals surface area contributed by atoms with E-state index < -0.39 is 0 Å². The molecular weight excluding hydrogens is 288 g/mol. The van der Waals surface area contributed by atoms with Gasteiger partial charge in [0.2, 0.25) is 0 Å². The van der Waals surface area contributed by atoms with E-state index in [0.29, 0.717) is 23.8 Å². The number of hydrogen-bond acceptors (Lipinski definition) is 4. The molecule has 1 fully saturated rings. The van der Waals surface area contributed by atoms with E-state index in [9.17, 15) is 4.79 Å². The molecule has 1 aromatic carbocycles. The van der Waals surface area contributed by atoms with Gasteiger partial charge in [0.15, 0.2) is 0 Å². The van der Waals surface area contributed by atoms with Crippen LogP contribution in [0.25, 0.3) is 0 Å². The number of hydrogen-bond donors (Lipinski definition) is 1. The lowest BCUT2D eigenvalue weighted by Gasteiger charge is -2.36. The highest BCUT2D eigenvalue weighted by Crippen LogP contribution is 2.25. The molecule has 3 rings (SSSR count). The van der Waals surface area contributed by atoms with Gasteiger partial charge in [-0.15, -0.1) is 0 Å². The van der Waals surface area contributed by atoms with Gasteiger partial charge in [-0.25, -0.2) is 4.98 Å². The first-order valence-electron chi connectivity index (χ1n) is 6.79. The number of carbonyl (C=O) groups is 1. The number of piperazine rings is 1. The SMILES string of the molecule is O=C(c1cnccn1)N1CCNCC1c1cccc(Cl)c1. The first-order valence-corrected chi connectivity index (χ1v) is 7.16. The van der Waals surface area contributed by atoms with Gasteiger partial charge >= 0.3 is 0 Å². The molecule has 0 saturated carbocycles. The molecule has 1 aliphatic heterocycles. The Morgan fingerprint density at radius 1 is 1.38 bits per heavy atom. The number of aromatic nitrogens is 2. The summed E-state index contributed by atoms with van der Waals surface area (Å²) in [6.45, 7) is 2.10. The Morgan fingerprint density at radius 2 is 2.29 bits per heavy atom. The van der Waals surface area contributed by atoms with Crippen LogP contribution in [0.15, 0.2) is 42.9 Å². The quantitative estimate of drug-likeness (QED) is 0.921. The van der Waals surface area contributed by atoms with Crippen molar-refractivity contribution in [3.05, 3.63) is 59.1 Å². The van der Waals surface area contributed by atoms with Crippen molar-refractivity contribution in [2.75, 3.05) is 19.6 Å². The molecule has 2 heterocycles. The number of amides is 1. The molecule has 1 N–H and O–H groups in total. The van der Waals surface area contributed by atoms with Gasteiger partial charge in [0.1, 0.15) is 5.69 Å². The van der Waals surface area contributed by atoms with Crippen molar-refractivity contribution in [2.24, 2.45) is 0 Å². The molecular formula is C15H15ClN4O. The number of carbonyl (C=O) groups excluding carboxylic acids is 1. The fraction of sp³-hybridized carbons (Fsp3) is 0.267. The number of nitrogens with zero attached hydrogens (tertiary/aromatic N) is 3. The largest absolute Gasteiger partial charge is 0.328 e. The Labute approximate surface area is 128 Å². The molecule has 5 nitrogen and oxygen atoms in total. The summed E-state index contributed by atoms with van der Waals surface area (Å²) in [5, 5.41) is 3.99. The molecule has 21 heavy (non-hydrogen) atoms. The van der Waals surface area contributed by atoms with Gasteiger partial charge in [-0.1, -0.05) is 23.7 Å². The van der Waals surface area contributed by atoms with Gasteiger partial charge in [-0.2, -0.15) is 0 Å². The van der Waals surface area contributed by atoms with Crippen molar-refractivity contribution in [3.8, 4) is 0 Å². The summed E-state index contributed by atoms with van der Waals surface area (Å²) in [5.74, 6) is -0.102. The van der Waals surface area contributed by atoms with Crippen LogP contribution in [-0.4, -0.2) is 40.4 Å². The fourth-order valence-electron chi connectivity index (χ4n) is 2.52. The van der Waals surface area contributed by atoms with Crippen LogP contribution in [0.1, 0.15) is 22.1 Å². The third-order valence-corrected chi connectivity index (χ3v) is 3.76. The highest BCUT2D eigenvalue weighted by molar-refractivity contribution is 6.30. The molecule has 1 aliphatic rings. The summed E-state index contributed by atoms with van der Waals surface area (Å²) in [5.41, 5.74) is 1.39.